The summed E-state index contributed by atoms with van der Waals surface area (Å²) < 4.78 is 11.3. The number of rotatable bonds is 7. The molecule has 5 heteroatoms. The van der Waals surface area contributed by atoms with Gasteiger partial charge in [-0.25, -0.2) is 4.79 Å². The molecule has 0 aliphatic heterocycles. The number of benzene rings is 4. The van der Waals surface area contributed by atoms with Crippen LogP contribution in [0, 0.1) is 0 Å². The van der Waals surface area contributed by atoms with Gasteiger partial charge in [0.05, 0.1) is 18.4 Å². The molecule has 0 spiro atoms. The lowest BCUT2D eigenvalue weighted by atomic mass is 10.0. The van der Waals surface area contributed by atoms with Gasteiger partial charge in [0.25, 0.3) is 0 Å². The number of fused-ring (bicyclic) bond motifs is 1. The molecular weight excluding hydrogens is 390 g/mol. The Morgan fingerprint density at radius 3 is 2.39 bits per heavy atom. The Hall–Kier alpha value is -4.12. The molecule has 0 heterocycles. The van der Waals surface area contributed by atoms with E-state index in [9.17, 15) is 4.79 Å². The van der Waals surface area contributed by atoms with Crippen LogP contribution in [0.4, 0.5) is 5.69 Å². The number of carbonyl (C=O) groups is 1. The van der Waals surface area contributed by atoms with Gasteiger partial charge in [0.1, 0.15) is 18.1 Å². The van der Waals surface area contributed by atoms with Crippen LogP contribution in [0.15, 0.2) is 89.9 Å². The van der Waals surface area contributed by atoms with Crippen molar-refractivity contribution in [1.29, 1.82) is 0 Å². The molecular formula is C26H21NO4. The van der Waals surface area contributed by atoms with Crippen LogP contribution in [0.25, 0.3) is 10.8 Å². The summed E-state index contributed by atoms with van der Waals surface area (Å²) in [5.74, 6) is 0.541. The molecule has 0 aliphatic rings. The van der Waals surface area contributed by atoms with Gasteiger partial charge < -0.3 is 14.6 Å². The lowest BCUT2D eigenvalue weighted by Crippen LogP contribution is -2.01. The van der Waals surface area contributed by atoms with Crippen molar-refractivity contribution < 1.29 is 19.4 Å². The predicted octanol–water partition coefficient (Wildman–Crippen LogP) is 5.88. The first-order chi connectivity index (χ1) is 15.1. The van der Waals surface area contributed by atoms with Crippen LogP contribution in [0.3, 0.4) is 0 Å². The number of carboxylic acids is 1. The van der Waals surface area contributed by atoms with E-state index in [1.807, 2.05) is 60.8 Å². The Balaban J connectivity index is 1.63. The van der Waals surface area contributed by atoms with E-state index in [-0.39, 0.29) is 5.56 Å². The minimum atomic E-state index is -0.945. The van der Waals surface area contributed by atoms with Gasteiger partial charge in [0, 0.05) is 11.8 Å². The highest BCUT2D eigenvalue weighted by Crippen LogP contribution is 2.28. The molecule has 4 aromatic rings. The molecule has 1 N–H and O–H groups in total. The number of nitrogens with zero attached hydrogens (tertiary/aromatic N) is 1. The van der Waals surface area contributed by atoms with Crippen molar-refractivity contribution in [2.24, 2.45) is 4.99 Å². The topological polar surface area (TPSA) is 68.1 Å². The van der Waals surface area contributed by atoms with Crippen LogP contribution >= 0.6 is 0 Å². The van der Waals surface area contributed by atoms with Crippen molar-refractivity contribution in [3.63, 3.8) is 0 Å². The molecule has 0 fully saturated rings. The summed E-state index contributed by atoms with van der Waals surface area (Å²) >= 11 is 0. The zero-order chi connectivity index (χ0) is 21.6. The van der Waals surface area contributed by atoms with E-state index in [0.717, 1.165) is 33.3 Å². The van der Waals surface area contributed by atoms with Crippen LogP contribution in [0.2, 0.25) is 0 Å². The highest BCUT2D eigenvalue weighted by atomic mass is 16.5. The monoisotopic (exact) mass is 411 g/mol. The van der Waals surface area contributed by atoms with E-state index >= 15 is 0 Å². The van der Waals surface area contributed by atoms with Crippen LogP contribution in [-0.4, -0.2) is 24.4 Å². The summed E-state index contributed by atoms with van der Waals surface area (Å²) in [6, 6.07) is 26.2. The molecule has 154 valence electrons. The third-order valence-electron chi connectivity index (χ3n) is 4.94. The minimum absolute atomic E-state index is 0.252. The van der Waals surface area contributed by atoms with Gasteiger partial charge in [-0.3, -0.25) is 4.99 Å². The summed E-state index contributed by atoms with van der Waals surface area (Å²) in [5, 5.41) is 11.2. The Morgan fingerprint density at radius 2 is 1.68 bits per heavy atom. The van der Waals surface area contributed by atoms with Crippen LogP contribution < -0.4 is 9.47 Å². The van der Waals surface area contributed by atoms with Gasteiger partial charge in [0.2, 0.25) is 0 Å². The molecule has 5 nitrogen and oxygen atoms in total. The Morgan fingerprint density at radius 1 is 0.935 bits per heavy atom. The van der Waals surface area contributed by atoms with Gasteiger partial charge in [0.15, 0.2) is 0 Å². The molecule has 0 aliphatic carbocycles. The van der Waals surface area contributed by atoms with Crippen molar-refractivity contribution >= 4 is 28.6 Å². The molecule has 0 saturated carbocycles. The first-order valence-corrected chi connectivity index (χ1v) is 9.79. The first-order valence-electron chi connectivity index (χ1n) is 9.79. The maximum absolute atomic E-state index is 11.0. The average Bonchev–Trinajstić information content (AvgIpc) is 2.82. The second-order valence-corrected chi connectivity index (χ2v) is 6.95. The summed E-state index contributed by atoms with van der Waals surface area (Å²) in [7, 11) is 1.63. The van der Waals surface area contributed by atoms with E-state index < -0.39 is 5.97 Å². The summed E-state index contributed by atoms with van der Waals surface area (Å²) in [6.07, 6.45) is 1.81. The van der Waals surface area contributed by atoms with E-state index in [0.29, 0.717) is 12.4 Å². The number of hydrogen-bond acceptors (Lipinski definition) is 4. The number of hydrogen-bond donors (Lipinski definition) is 1. The van der Waals surface area contributed by atoms with Gasteiger partial charge >= 0.3 is 5.97 Å². The van der Waals surface area contributed by atoms with Gasteiger partial charge in [-0.15, -0.1) is 0 Å². The molecule has 0 radical (unpaired) electrons. The number of methoxy groups -OCH3 is 1. The van der Waals surface area contributed by atoms with Gasteiger partial charge in [-0.2, -0.15) is 0 Å². The normalized spacial score (nSPS) is 11.0. The highest BCUT2D eigenvalue weighted by Gasteiger charge is 2.08. The van der Waals surface area contributed by atoms with E-state index in [1.165, 1.54) is 0 Å². The fourth-order valence-electron chi connectivity index (χ4n) is 3.25. The maximum atomic E-state index is 11.0. The highest BCUT2D eigenvalue weighted by molar-refractivity contribution is 6.03. The number of aromatic carboxylic acids is 1. The summed E-state index contributed by atoms with van der Waals surface area (Å²) in [4.78, 5) is 15.7. The number of aliphatic imine (C=N–C) groups is 1. The summed E-state index contributed by atoms with van der Waals surface area (Å²) in [5.41, 5.74) is 2.83. The molecule has 0 unspecified atom stereocenters. The van der Waals surface area contributed by atoms with Crippen molar-refractivity contribution in [2.75, 3.05) is 7.11 Å². The van der Waals surface area contributed by atoms with Crippen molar-refractivity contribution in [2.45, 2.75) is 6.61 Å². The molecule has 0 amide bonds. The lowest BCUT2D eigenvalue weighted by molar-refractivity contribution is 0.0697. The smallest absolute Gasteiger partial charge is 0.335 e. The van der Waals surface area contributed by atoms with E-state index in [2.05, 4.69) is 11.1 Å². The Labute approximate surface area is 180 Å². The third kappa shape index (κ3) is 4.73. The average molecular weight is 411 g/mol. The summed E-state index contributed by atoms with van der Waals surface area (Å²) in [6.45, 7) is 0.321. The zero-order valence-electron chi connectivity index (χ0n) is 17.0. The second-order valence-electron chi connectivity index (χ2n) is 6.95. The van der Waals surface area contributed by atoms with E-state index in [1.54, 1.807) is 31.4 Å². The lowest BCUT2D eigenvalue weighted by Gasteiger charge is -2.12. The standard InChI is InChI=1S/C26H21NO4/c1-30-22-13-11-21(12-14-22)27-16-24-23-5-3-2-4-19(23)10-15-25(24)31-17-18-6-8-20(9-7-18)26(28)29/h2-16H,17H2,1H3,(H,28,29). The Bertz CT molecular complexity index is 1230. The van der Waals surface area contributed by atoms with Crippen LogP contribution in [0.1, 0.15) is 21.5 Å². The first kappa shape index (κ1) is 20.2. The fourth-order valence-corrected chi connectivity index (χ4v) is 3.25. The SMILES string of the molecule is COc1ccc(N=Cc2c(OCc3ccc(C(=O)O)cc3)ccc3ccccc23)cc1. The van der Waals surface area contributed by atoms with Crippen molar-refractivity contribution in [3.8, 4) is 11.5 Å². The Kier molecular flexibility index (Phi) is 5.94. The molecule has 4 rings (SSSR count). The largest absolute Gasteiger partial charge is 0.497 e. The number of ether oxygens (including phenoxy) is 2. The van der Waals surface area contributed by atoms with E-state index in [4.69, 9.17) is 14.6 Å². The molecule has 0 aromatic heterocycles. The van der Waals surface area contributed by atoms with Gasteiger partial charge in [-0.1, -0.05) is 42.5 Å². The molecule has 0 saturated heterocycles. The van der Waals surface area contributed by atoms with Gasteiger partial charge in [-0.05, 0) is 58.8 Å². The molecule has 4 aromatic carbocycles. The van der Waals surface area contributed by atoms with Crippen LogP contribution in [-0.2, 0) is 6.61 Å². The fraction of sp³-hybridized carbons (Fsp3) is 0.0769. The third-order valence-corrected chi connectivity index (χ3v) is 4.94. The minimum Gasteiger partial charge on any atom is -0.497 e. The van der Waals surface area contributed by atoms with Crippen LogP contribution in [0.5, 0.6) is 11.5 Å². The predicted molar refractivity (Wildman–Crippen MR) is 122 cm³/mol. The molecule has 0 atom stereocenters. The maximum Gasteiger partial charge on any atom is 0.335 e. The number of carboxylic acid groups (broad SMARTS) is 1. The van der Waals surface area contributed by atoms with Crippen molar-refractivity contribution in [3.05, 3.63) is 102 Å². The second kappa shape index (κ2) is 9.13. The zero-order valence-corrected chi connectivity index (χ0v) is 17.0. The quantitative estimate of drug-likeness (QED) is 0.386. The molecule has 0 bridgehead atoms. The van der Waals surface area contributed by atoms with Crippen molar-refractivity contribution in [1.82, 2.24) is 0 Å². The molecule has 31 heavy (non-hydrogen) atoms.